The van der Waals surface area contributed by atoms with Crippen LogP contribution in [0.2, 0.25) is 0 Å². The zero-order chi connectivity index (χ0) is 9.84. The van der Waals surface area contributed by atoms with Crippen molar-refractivity contribution < 1.29 is 9.32 Å². The van der Waals surface area contributed by atoms with Crippen molar-refractivity contribution in [1.82, 2.24) is 15.0 Å². The first kappa shape index (κ1) is 9.19. The normalized spacial score (nSPS) is 9.31. The van der Waals surface area contributed by atoms with Gasteiger partial charge in [-0.25, -0.2) is 0 Å². The van der Waals surface area contributed by atoms with Crippen molar-refractivity contribution in [2.75, 3.05) is 13.6 Å². The minimum Gasteiger partial charge on any atom is -0.339 e. The molecule has 1 rings (SSSR count). The van der Waals surface area contributed by atoms with Crippen molar-refractivity contribution in [3.05, 3.63) is 11.7 Å². The van der Waals surface area contributed by atoms with Crippen LogP contribution < -0.4 is 0 Å². The van der Waals surface area contributed by atoms with Gasteiger partial charge in [-0.2, -0.15) is 10.2 Å². The van der Waals surface area contributed by atoms with Gasteiger partial charge in [0.2, 0.25) is 5.89 Å². The van der Waals surface area contributed by atoms with Gasteiger partial charge in [0.15, 0.2) is 0 Å². The van der Waals surface area contributed by atoms with Gasteiger partial charge in [0, 0.05) is 14.0 Å². The largest absolute Gasteiger partial charge is 0.339 e. The summed E-state index contributed by atoms with van der Waals surface area (Å²) in [6.45, 7) is 1.60. The molecule has 0 N–H and O–H groups in total. The number of rotatable bonds is 2. The lowest BCUT2D eigenvalue weighted by molar-refractivity contribution is 0.0797. The molecule has 13 heavy (non-hydrogen) atoms. The zero-order valence-corrected chi connectivity index (χ0v) is 7.31. The molecule has 1 aromatic heterocycles. The van der Waals surface area contributed by atoms with Gasteiger partial charge in [0.25, 0.3) is 11.7 Å². The first-order valence-electron chi connectivity index (χ1n) is 3.58. The smallest absolute Gasteiger partial charge is 0.295 e. The summed E-state index contributed by atoms with van der Waals surface area (Å²) in [6.07, 6.45) is 0. The molecular weight excluding hydrogens is 172 g/mol. The lowest BCUT2D eigenvalue weighted by Crippen LogP contribution is -2.27. The Morgan fingerprint density at radius 1 is 1.77 bits per heavy atom. The summed E-state index contributed by atoms with van der Waals surface area (Å²) >= 11 is 0. The van der Waals surface area contributed by atoms with Gasteiger partial charge in [-0.1, -0.05) is 5.16 Å². The number of nitriles is 1. The second kappa shape index (κ2) is 3.67. The van der Waals surface area contributed by atoms with E-state index in [0.717, 1.165) is 0 Å². The molecule has 1 amide bonds. The van der Waals surface area contributed by atoms with Crippen molar-refractivity contribution in [2.24, 2.45) is 0 Å². The third kappa shape index (κ3) is 2.02. The van der Waals surface area contributed by atoms with Crippen LogP contribution >= 0.6 is 0 Å². The Bertz CT molecular complexity index is 352. The van der Waals surface area contributed by atoms with E-state index in [9.17, 15) is 4.79 Å². The minimum absolute atomic E-state index is 0.00637. The molecular formula is C7H8N4O2. The summed E-state index contributed by atoms with van der Waals surface area (Å²) < 4.78 is 4.62. The first-order chi connectivity index (χ1) is 6.15. The van der Waals surface area contributed by atoms with Crippen molar-refractivity contribution in [1.29, 1.82) is 5.26 Å². The van der Waals surface area contributed by atoms with Gasteiger partial charge in [-0.3, -0.25) is 4.79 Å². The van der Waals surface area contributed by atoms with Gasteiger partial charge in [-0.05, 0) is 0 Å². The molecule has 0 fully saturated rings. The van der Waals surface area contributed by atoms with Crippen molar-refractivity contribution >= 4 is 5.91 Å². The van der Waals surface area contributed by atoms with Crippen molar-refractivity contribution in [3.8, 4) is 6.07 Å². The zero-order valence-electron chi connectivity index (χ0n) is 7.31. The number of carbonyl (C=O) groups excluding carboxylic acids is 1. The van der Waals surface area contributed by atoms with Crippen LogP contribution in [0, 0.1) is 18.3 Å². The summed E-state index contributed by atoms with van der Waals surface area (Å²) in [5, 5.41) is 11.8. The number of aryl methyl sites for hydroxylation is 1. The Hall–Kier alpha value is -1.90. The minimum atomic E-state index is -0.418. The fourth-order valence-corrected chi connectivity index (χ4v) is 0.735. The predicted octanol–water partition coefficient (Wildman–Crippen LogP) is -0.0264. The predicted molar refractivity (Wildman–Crippen MR) is 41.6 cm³/mol. The van der Waals surface area contributed by atoms with Crippen LogP contribution in [0.5, 0.6) is 0 Å². The highest BCUT2D eigenvalue weighted by molar-refractivity contribution is 5.90. The molecule has 0 spiro atoms. The summed E-state index contributed by atoms with van der Waals surface area (Å²) in [7, 11) is 1.50. The third-order valence-electron chi connectivity index (χ3n) is 1.37. The van der Waals surface area contributed by atoms with E-state index in [4.69, 9.17) is 5.26 Å². The van der Waals surface area contributed by atoms with Crippen LogP contribution in [0.3, 0.4) is 0 Å². The molecule has 0 radical (unpaired) electrons. The summed E-state index contributed by atoms with van der Waals surface area (Å²) in [5.74, 6) is -0.109. The van der Waals surface area contributed by atoms with E-state index < -0.39 is 5.91 Å². The topological polar surface area (TPSA) is 83.0 Å². The lowest BCUT2D eigenvalue weighted by atomic mass is 10.5. The van der Waals surface area contributed by atoms with Gasteiger partial charge < -0.3 is 9.42 Å². The van der Waals surface area contributed by atoms with E-state index in [0.29, 0.717) is 5.89 Å². The molecule has 1 heterocycles. The first-order valence-corrected chi connectivity index (χ1v) is 3.58. The van der Waals surface area contributed by atoms with Gasteiger partial charge in [0.05, 0.1) is 6.07 Å². The second-order valence-corrected chi connectivity index (χ2v) is 2.46. The quantitative estimate of drug-likeness (QED) is 0.597. The van der Waals surface area contributed by atoms with Crippen LogP contribution in [0.4, 0.5) is 0 Å². The molecule has 0 aliphatic rings. The fraction of sp³-hybridized carbons (Fsp3) is 0.429. The molecule has 0 aromatic carbocycles. The van der Waals surface area contributed by atoms with Gasteiger partial charge >= 0.3 is 0 Å². The maximum Gasteiger partial charge on any atom is 0.295 e. The Morgan fingerprint density at radius 3 is 2.92 bits per heavy atom. The van der Waals surface area contributed by atoms with Crippen LogP contribution in [0.25, 0.3) is 0 Å². The molecule has 0 bridgehead atoms. The Morgan fingerprint density at radius 2 is 2.46 bits per heavy atom. The van der Waals surface area contributed by atoms with Crippen LogP contribution in [0.1, 0.15) is 16.5 Å². The number of carbonyl (C=O) groups is 1. The fourth-order valence-electron chi connectivity index (χ4n) is 0.735. The summed E-state index contributed by atoms with van der Waals surface area (Å²) in [5.41, 5.74) is 0. The average molecular weight is 180 g/mol. The third-order valence-corrected chi connectivity index (χ3v) is 1.37. The Kier molecular flexibility index (Phi) is 2.59. The molecule has 0 aliphatic heterocycles. The number of nitrogens with zero attached hydrogens (tertiary/aromatic N) is 4. The maximum atomic E-state index is 11.3. The molecule has 0 atom stereocenters. The number of amides is 1. The molecule has 0 unspecified atom stereocenters. The molecule has 68 valence electrons. The molecule has 0 saturated carbocycles. The molecule has 0 aliphatic carbocycles. The lowest BCUT2D eigenvalue weighted by Gasteiger charge is -2.08. The van der Waals surface area contributed by atoms with Crippen LogP contribution in [0.15, 0.2) is 4.52 Å². The van der Waals surface area contributed by atoms with Crippen molar-refractivity contribution in [2.45, 2.75) is 6.92 Å². The highest BCUT2D eigenvalue weighted by Crippen LogP contribution is 1.98. The molecule has 0 saturated heterocycles. The highest BCUT2D eigenvalue weighted by Gasteiger charge is 2.16. The average Bonchev–Trinajstić information content (AvgIpc) is 2.51. The highest BCUT2D eigenvalue weighted by atomic mass is 16.5. The summed E-state index contributed by atoms with van der Waals surface area (Å²) in [4.78, 5) is 16.3. The Balaban J connectivity index is 2.74. The van der Waals surface area contributed by atoms with Crippen LogP contribution in [-0.2, 0) is 0 Å². The van der Waals surface area contributed by atoms with Gasteiger partial charge in [-0.15, -0.1) is 0 Å². The summed E-state index contributed by atoms with van der Waals surface area (Å²) in [6, 6.07) is 1.84. The molecule has 6 heteroatoms. The van der Waals surface area contributed by atoms with E-state index in [2.05, 4.69) is 14.7 Å². The Labute approximate surface area is 74.8 Å². The van der Waals surface area contributed by atoms with E-state index in [1.54, 1.807) is 6.92 Å². The second-order valence-electron chi connectivity index (χ2n) is 2.46. The van der Waals surface area contributed by atoms with E-state index in [-0.39, 0.29) is 12.4 Å². The van der Waals surface area contributed by atoms with E-state index >= 15 is 0 Å². The van der Waals surface area contributed by atoms with Crippen LogP contribution in [-0.4, -0.2) is 34.5 Å². The van der Waals surface area contributed by atoms with E-state index in [1.807, 2.05) is 6.07 Å². The number of hydrogen-bond donors (Lipinski definition) is 0. The van der Waals surface area contributed by atoms with E-state index in [1.165, 1.54) is 11.9 Å². The molecule has 1 aromatic rings. The standard InChI is InChI=1S/C7H8N4O2/c1-5-9-6(10-13-5)7(12)11(2)4-3-8/h4H2,1-2H3. The van der Waals surface area contributed by atoms with Crippen molar-refractivity contribution in [3.63, 3.8) is 0 Å². The molecule has 6 nitrogen and oxygen atoms in total. The monoisotopic (exact) mass is 180 g/mol. The number of aromatic nitrogens is 2. The van der Waals surface area contributed by atoms with Gasteiger partial charge in [0.1, 0.15) is 6.54 Å². The number of hydrogen-bond acceptors (Lipinski definition) is 5. The SMILES string of the molecule is Cc1nc(C(=O)N(C)CC#N)no1. The maximum absolute atomic E-state index is 11.3.